The van der Waals surface area contributed by atoms with Gasteiger partial charge in [0.1, 0.15) is 6.54 Å². The van der Waals surface area contributed by atoms with Crippen molar-refractivity contribution >= 4 is 34.8 Å². The van der Waals surface area contributed by atoms with Gasteiger partial charge in [0, 0.05) is 42.8 Å². The Labute approximate surface area is 181 Å². The van der Waals surface area contributed by atoms with E-state index in [0.29, 0.717) is 43.3 Å². The van der Waals surface area contributed by atoms with Gasteiger partial charge in [-0.25, -0.2) is 4.98 Å². The van der Waals surface area contributed by atoms with Crippen molar-refractivity contribution in [2.75, 3.05) is 18.8 Å². The highest BCUT2D eigenvalue weighted by atomic mass is 32.1. The average molecular weight is 446 g/mol. The van der Waals surface area contributed by atoms with Gasteiger partial charge < -0.3 is 21.1 Å². The summed E-state index contributed by atoms with van der Waals surface area (Å²) in [6, 6.07) is 1.78. The lowest BCUT2D eigenvalue weighted by molar-refractivity contribution is -0.133. The molecule has 1 aliphatic rings. The molecule has 2 amide bonds. The van der Waals surface area contributed by atoms with Crippen LogP contribution in [0.25, 0.3) is 0 Å². The third-order valence-electron chi connectivity index (χ3n) is 4.59. The Morgan fingerprint density at radius 1 is 1.42 bits per heavy atom. The Kier molecular flexibility index (Phi) is 7.32. The SMILES string of the molecule is Nc1nc(CCNC(=O)c2n[nH]c3c2CCN(C(=O)Cn2cccn2)C3)cs1.O=CO. The molecular formula is C18H22N8O4S. The summed E-state index contributed by atoms with van der Waals surface area (Å²) in [6.45, 7) is 1.36. The Morgan fingerprint density at radius 2 is 2.23 bits per heavy atom. The summed E-state index contributed by atoms with van der Waals surface area (Å²) < 4.78 is 1.60. The van der Waals surface area contributed by atoms with E-state index in [-0.39, 0.29) is 24.8 Å². The Hall–Kier alpha value is -3.74. The maximum absolute atomic E-state index is 12.5. The van der Waals surface area contributed by atoms with E-state index in [1.807, 2.05) is 5.38 Å². The molecule has 4 heterocycles. The van der Waals surface area contributed by atoms with E-state index in [9.17, 15) is 9.59 Å². The minimum atomic E-state index is -0.250. The maximum Gasteiger partial charge on any atom is 0.290 e. The smallest absolute Gasteiger partial charge is 0.290 e. The fourth-order valence-corrected chi connectivity index (χ4v) is 3.77. The molecule has 0 aliphatic carbocycles. The summed E-state index contributed by atoms with van der Waals surface area (Å²) in [5.41, 5.74) is 8.54. The number of nitrogens with two attached hydrogens (primary N) is 1. The first-order valence-corrected chi connectivity index (χ1v) is 10.3. The van der Waals surface area contributed by atoms with E-state index >= 15 is 0 Å². The zero-order valence-corrected chi connectivity index (χ0v) is 17.3. The number of H-pyrrole nitrogens is 1. The van der Waals surface area contributed by atoms with Gasteiger partial charge in [-0.1, -0.05) is 0 Å². The molecule has 0 spiro atoms. The van der Waals surface area contributed by atoms with E-state index in [1.165, 1.54) is 11.3 Å². The highest BCUT2D eigenvalue weighted by Gasteiger charge is 2.27. The summed E-state index contributed by atoms with van der Waals surface area (Å²) in [6.07, 6.45) is 4.60. The third kappa shape index (κ3) is 5.66. The first-order chi connectivity index (χ1) is 15.0. The molecule has 0 fully saturated rings. The molecule has 13 heteroatoms. The van der Waals surface area contributed by atoms with Gasteiger partial charge in [0.25, 0.3) is 12.4 Å². The molecule has 0 saturated heterocycles. The van der Waals surface area contributed by atoms with Crippen molar-refractivity contribution in [1.29, 1.82) is 0 Å². The zero-order chi connectivity index (χ0) is 22.2. The number of nitrogens with one attached hydrogen (secondary N) is 2. The lowest BCUT2D eigenvalue weighted by Gasteiger charge is -2.26. The molecule has 3 aromatic heterocycles. The van der Waals surface area contributed by atoms with Crippen LogP contribution in [-0.4, -0.2) is 66.3 Å². The van der Waals surface area contributed by atoms with Crippen molar-refractivity contribution < 1.29 is 19.5 Å². The molecule has 0 radical (unpaired) electrons. The second kappa shape index (κ2) is 10.3. The van der Waals surface area contributed by atoms with Crippen LogP contribution in [0.3, 0.4) is 0 Å². The highest BCUT2D eigenvalue weighted by Crippen LogP contribution is 2.20. The summed E-state index contributed by atoms with van der Waals surface area (Å²) in [4.78, 5) is 39.2. The Bertz CT molecular complexity index is 1030. The van der Waals surface area contributed by atoms with Gasteiger partial charge in [0.15, 0.2) is 10.8 Å². The number of rotatable bonds is 6. The standard InChI is InChI=1S/C17H20N8O2S.CH2O2/c18-17-21-11(10-28-17)2-5-19-16(27)15-12-3-7-24(8-13(12)22-23-15)14(26)9-25-6-1-4-20-25;2-1-3/h1,4,6,10H,2-3,5,7-9H2,(H2,18,21)(H,19,27)(H,22,23);1H,(H,2,3). The van der Waals surface area contributed by atoms with E-state index < -0.39 is 0 Å². The van der Waals surface area contributed by atoms with Crippen LogP contribution in [0.5, 0.6) is 0 Å². The minimum Gasteiger partial charge on any atom is -0.483 e. The molecule has 0 saturated carbocycles. The van der Waals surface area contributed by atoms with Crippen molar-refractivity contribution in [1.82, 2.24) is 35.2 Å². The number of fused-ring (bicyclic) bond motifs is 1. The van der Waals surface area contributed by atoms with E-state index in [2.05, 4.69) is 25.6 Å². The van der Waals surface area contributed by atoms with Crippen molar-refractivity contribution in [3.63, 3.8) is 0 Å². The Balaban J connectivity index is 0.000000858. The summed E-state index contributed by atoms with van der Waals surface area (Å²) in [7, 11) is 0. The maximum atomic E-state index is 12.5. The number of amides is 2. The van der Waals surface area contributed by atoms with Crippen LogP contribution in [0.4, 0.5) is 5.13 Å². The van der Waals surface area contributed by atoms with Crippen LogP contribution in [0.1, 0.15) is 27.4 Å². The largest absolute Gasteiger partial charge is 0.483 e. The molecule has 1 aliphatic heterocycles. The predicted molar refractivity (Wildman–Crippen MR) is 111 cm³/mol. The average Bonchev–Trinajstić information content (AvgIpc) is 3.49. The first kappa shape index (κ1) is 22.0. The number of aromatic nitrogens is 5. The molecule has 0 atom stereocenters. The van der Waals surface area contributed by atoms with Crippen LogP contribution < -0.4 is 11.1 Å². The van der Waals surface area contributed by atoms with Crippen molar-refractivity contribution in [2.45, 2.75) is 25.9 Å². The number of aromatic amines is 1. The van der Waals surface area contributed by atoms with Crippen molar-refractivity contribution in [2.24, 2.45) is 0 Å². The highest BCUT2D eigenvalue weighted by molar-refractivity contribution is 7.13. The molecule has 0 unspecified atom stereocenters. The van der Waals surface area contributed by atoms with Gasteiger partial charge in [0.05, 0.1) is 17.9 Å². The number of anilines is 1. The summed E-state index contributed by atoms with van der Waals surface area (Å²) in [5, 5.41) is 23.3. The van der Waals surface area contributed by atoms with Crippen LogP contribution in [0, 0.1) is 0 Å². The fraction of sp³-hybridized carbons (Fsp3) is 0.333. The summed E-state index contributed by atoms with van der Waals surface area (Å²) in [5.74, 6) is -0.241. The van der Waals surface area contributed by atoms with Gasteiger partial charge in [-0.2, -0.15) is 10.2 Å². The third-order valence-corrected chi connectivity index (χ3v) is 5.32. The molecule has 0 bridgehead atoms. The lowest BCUT2D eigenvalue weighted by atomic mass is 10.0. The second-order valence-corrected chi connectivity index (χ2v) is 7.48. The van der Waals surface area contributed by atoms with Gasteiger partial charge in [-0.05, 0) is 12.5 Å². The van der Waals surface area contributed by atoms with Gasteiger partial charge in [0.2, 0.25) is 5.91 Å². The monoisotopic (exact) mass is 446 g/mol. The minimum absolute atomic E-state index is 0.0162. The zero-order valence-electron chi connectivity index (χ0n) is 16.5. The molecule has 5 N–H and O–H groups in total. The van der Waals surface area contributed by atoms with Crippen molar-refractivity contribution in [3.05, 3.63) is 46.5 Å². The van der Waals surface area contributed by atoms with E-state index in [4.69, 9.17) is 15.6 Å². The molecule has 164 valence electrons. The number of nitrogen functional groups attached to an aromatic ring is 1. The fourth-order valence-electron chi connectivity index (χ4n) is 3.18. The molecule has 12 nitrogen and oxygen atoms in total. The second-order valence-electron chi connectivity index (χ2n) is 6.59. The summed E-state index contributed by atoms with van der Waals surface area (Å²) >= 11 is 1.38. The number of nitrogens with zero attached hydrogens (tertiary/aromatic N) is 5. The molecule has 3 aromatic rings. The molecule has 4 rings (SSSR count). The van der Waals surface area contributed by atoms with Crippen molar-refractivity contribution in [3.8, 4) is 0 Å². The predicted octanol–water partition coefficient (Wildman–Crippen LogP) is -0.0969. The topological polar surface area (TPSA) is 172 Å². The number of carbonyl (C=O) groups is 3. The van der Waals surface area contributed by atoms with Crippen LogP contribution in [0.2, 0.25) is 0 Å². The number of hydrogen-bond donors (Lipinski definition) is 4. The number of carboxylic acid groups (broad SMARTS) is 1. The first-order valence-electron chi connectivity index (χ1n) is 9.39. The molecule has 0 aromatic carbocycles. The number of hydrogen-bond acceptors (Lipinski definition) is 8. The quantitative estimate of drug-likeness (QED) is 0.380. The van der Waals surface area contributed by atoms with E-state index in [0.717, 1.165) is 17.0 Å². The van der Waals surface area contributed by atoms with E-state index in [1.54, 1.807) is 28.0 Å². The van der Waals surface area contributed by atoms with Crippen LogP contribution in [0.15, 0.2) is 23.8 Å². The van der Waals surface area contributed by atoms with Crippen LogP contribution in [-0.2, 0) is 35.5 Å². The Morgan fingerprint density at radius 3 is 2.90 bits per heavy atom. The van der Waals surface area contributed by atoms with Crippen LogP contribution >= 0.6 is 11.3 Å². The number of thiazole rings is 1. The van der Waals surface area contributed by atoms with Gasteiger partial charge in [-0.3, -0.25) is 24.2 Å². The molecule has 31 heavy (non-hydrogen) atoms. The normalized spacial score (nSPS) is 12.5. The van der Waals surface area contributed by atoms with Gasteiger partial charge in [-0.15, -0.1) is 11.3 Å². The lowest BCUT2D eigenvalue weighted by Crippen LogP contribution is -2.38. The van der Waals surface area contributed by atoms with Gasteiger partial charge >= 0.3 is 0 Å². The number of carbonyl (C=O) groups excluding carboxylic acids is 2. The molecular weight excluding hydrogens is 424 g/mol.